The molecule has 0 aliphatic carbocycles. The number of anilines is 1. The number of carbonyl (C=O) groups excluding carboxylic acids is 1. The first-order chi connectivity index (χ1) is 11.6. The zero-order valence-electron chi connectivity index (χ0n) is 13.4. The third kappa shape index (κ3) is 2.15. The van der Waals surface area contributed by atoms with E-state index in [2.05, 4.69) is 15.1 Å². The van der Waals surface area contributed by atoms with Crippen LogP contribution in [0.3, 0.4) is 0 Å². The van der Waals surface area contributed by atoms with Crippen molar-refractivity contribution < 1.29 is 9.53 Å². The maximum atomic E-state index is 12.8. The van der Waals surface area contributed by atoms with Crippen LogP contribution in [0.1, 0.15) is 21.6 Å². The normalized spacial score (nSPS) is 13.3. The molecule has 4 rings (SSSR count). The predicted octanol–water partition coefficient (Wildman–Crippen LogP) is 1.11. The molecule has 0 saturated heterocycles. The lowest BCUT2D eigenvalue weighted by molar-refractivity contribution is 0.0750. The number of rotatable bonds is 2. The first-order valence-electron chi connectivity index (χ1n) is 7.47. The molecule has 2 aromatic heterocycles. The summed E-state index contributed by atoms with van der Waals surface area (Å²) in [6.45, 7) is 0.919. The van der Waals surface area contributed by atoms with E-state index in [1.165, 1.54) is 0 Å². The highest BCUT2D eigenvalue weighted by Crippen LogP contribution is 2.27. The fraction of sp³-hybridized carbons (Fsp3) is 0.250. The molecule has 8 heteroatoms. The van der Waals surface area contributed by atoms with Gasteiger partial charge in [-0.2, -0.15) is 5.10 Å². The van der Waals surface area contributed by atoms with E-state index in [1.807, 2.05) is 6.07 Å². The molecule has 0 fully saturated rings. The molecule has 0 saturated carbocycles. The van der Waals surface area contributed by atoms with Crippen LogP contribution in [0, 0.1) is 0 Å². The van der Waals surface area contributed by atoms with Gasteiger partial charge in [0.15, 0.2) is 0 Å². The molecule has 3 aromatic rings. The van der Waals surface area contributed by atoms with Crippen molar-refractivity contribution in [1.29, 1.82) is 0 Å². The molecule has 0 bridgehead atoms. The summed E-state index contributed by atoms with van der Waals surface area (Å²) in [5.74, 6) is 0.825. The van der Waals surface area contributed by atoms with E-state index in [-0.39, 0.29) is 11.9 Å². The number of amides is 1. The first-order valence-corrected chi connectivity index (χ1v) is 7.47. The van der Waals surface area contributed by atoms with Gasteiger partial charge in [-0.25, -0.2) is 14.6 Å². The van der Waals surface area contributed by atoms with Crippen molar-refractivity contribution in [3.63, 3.8) is 0 Å². The Morgan fingerprint density at radius 2 is 2.17 bits per heavy atom. The second kappa shape index (κ2) is 5.19. The highest BCUT2D eigenvalue weighted by Gasteiger charge is 2.26. The predicted molar refractivity (Wildman–Crippen MR) is 87.3 cm³/mol. The lowest BCUT2D eigenvalue weighted by atomic mass is 10.1. The number of nitrogens with two attached hydrogens (primary N) is 1. The monoisotopic (exact) mass is 324 g/mol. The SMILES string of the molecule is COc1c2ccc(C(=O)N3Cc4cnc(N)nc4C3)cc2nn1C. The molecule has 8 nitrogen and oxygen atoms in total. The number of nitrogen functional groups attached to an aromatic ring is 1. The third-order valence-corrected chi connectivity index (χ3v) is 4.18. The number of hydrogen-bond acceptors (Lipinski definition) is 6. The van der Waals surface area contributed by atoms with Gasteiger partial charge in [-0.3, -0.25) is 4.79 Å². The Bertz CT molecular complexity index is 965. The molecule has 0 unspecified atom stereocenters. The highest BCUT2D eigenvalue weighted by molar-refractivity contribution is 5.98. The van der Waals surface area contributed by atoms with Gasteiger partial charge in [-0.05, 0) is 18.2 Å². The van der Waals surface area contributed by atoms with Gasteiger partial charge in [-0.1, -0.05) is 0 Å². The van der Waals surface area contributed by atoms with Gasteiger partial charge in [0.1, 0.15) is 0 Å². The molecule has 0 spiro atoms. The van der Waals surface area contributed by atoms with Crippen LogP contribution in [-0.2, 0) is 20.1 Å². The summed E-state index contributed by atoms with van der Waals surface area (Å²) in [5, 5.41) is 5.26. The Balaban J connectivity index is 1.65. The Morgan fingerprint density at radius 3 is 2.96 bits per heavy atom. The minimum absolute atomic E-state index is 0.0712. The topological polar surface area (TPSA) is 99.2 Å². The minimum Gasteiger partial charge on any atom is -0.481 e. The zero-order chi connectivity index (χ0) is 16.8. The summed E-state index contributed by atoms with van der Waals surface area (Å²) < 4.78 is 6.99. The molecule has 1 aromatic carbocycles. The Hall–Kier alpha value is -3.16. The van der Waals surface area contributed by atoms with E-state index < -0.39 is 0 Å². The quantitative estimate of drug-likeness (QED) is 0.758. The molecule has 1 amide bonds. The van der Waals surface area contributed by atoms with Gasteiger partial charge in [-0.15, -0.1) is 0 Å². The number of methoxy groups -OCH3 is 1. The fourth-order valence-corrected chi connectivity index (χ4v) is 3.05. The maximum absolute atomic E-state index is 12.8. The number of fused-ring (bicyclic) bond motifs is 2. The van der Waals surface area contributed by atoms with Crippen LogP contribution >= 0.6 is 0 Å². The summed E-state index contributed by atoms with van der Waals surface area (Å²) in [5.41, 5.74) is 8.64. The third-order valence-electron chi connectivity index (χ3n) is 4.18. The average Bonchev–Trinajstić information content (AvgIpc) is 3.12. The van der Waals surface area contributed by atoms with E-state index in [9.17, 15) is 4.79 Å². The Labute approximate surface area is 137 Å². The van der Waals surface area contributed by atoms with Crippen LogP contribution in [-0.4, -0.2) is 37.7 Å². The van der Waals surface area contributed by atoms with Gasteiger partial charge in [0.2, 0.25) is 11.8 Å². The van der Waals surface area contributed by atoms with Crippen LogP contribution in [0.15, 0.2) is 24.4 Å². The van der Waals surface area contributed by atoms with Gasteiger partial charge >= 0.3 is 0 Å². The number of aromatic nitrogens is 4. The summed E-state index contributed by atoms with van der Waals surface area (Å²) in [6, 6.07) is 5.43. The number of aryl methyl sites for hydroxylation is 1. The summed E-state index contributed by atoms with van der Waals surface area (Å²) in [4.78, 5) is 22.7. The van der Waals surface area contributed by atoms with E-state index in [0.29, 0.717) is 24.5 Å². The number of nitrogens with zero attached hydrogens (tertiary/aromatic N) is 5. The van der Waals surface area contributed by atoms with Crippen molar-refractivity contribution in [1.82, 2.24) is 24.6 Å². The van der Waals surface area contributed by atoms with Crippen molar-refractivity contribution in [3.05, 3.63) is 41.2 Å². The summed E-state index contributed by atoms with van der Waals surface area (Å²) in [7, 11) is 3.41. The van der Waals surface area contributed by atoms with Crippen molar-refractivity contribution in [2.75, 3.05) is 12.8 Å². The molecule has 122 valence electrons. The second-order valence-electron chi connectivity index (χ2n) is 5.73. The smallest absolute Gasteiger partial charge is 0.254 e. The molecular weight excluding hydrogens is 308 g/mol. The van der Waals surface area contributed by atoms with Gasteiger partial charge in [0.05, 0.1) is 30.3 Å². The standard InChI is InChI=1S/C16H16N6O2/c1-21-15(24-2)11-4-3-9(5-12(11)20-21)14(23)22-7-10-6-18-16(17)19-13(10)8-22/h3-6H,7-8H2,1-2H3,(H2,17,18,19). The molecule has 1 aliphatic heterocycles. The number of benzene rings is 1. The highest BCUT2D eigenvalue weighted by atomic mass is 16.5. The molecular formula is C16H16N6O2. The molecule has 24 heavy (non-hydrogen) atoms. The van der Waals surface area contributed by atoms with Crippen molar-refractivity contribution >= 4 is 22.8 Å². The van der Waals surface area contributed by atoms with Crippen LogP contribution < -0.4 is 10.5 Å². The summed E-state index contributed by atoms with van der Waals surface area (Å²) >= 11 is 0. The molecule has 0 radical (unpaired) electrons. The first kappa shape index (κ1) is 14.4. The lowest BCUT2D eigenvalue weighted by Crippen LogP contribution is -2.25. The minimum atomic E-state index is -0.0712. The van der Waals surface area contributed by atoms with Crippen LogP contribution in [0.4, 0.5) is 5.95 Å². The lowest BCUT2D eigenvalue weighted by Gasteiger charge is -2.14. The molecule has 1 aliphatic rings. The molecule has 2 N–H and O–H groups in total. The zero-order valence-corrected chi connectivity index (χ0v) is 13.4. The average molecular weight is 324 g/mol. The maximum Gasteiger partial charge on any atom is 0.254 e. The van der Waals surface area contributed by atoms with Crippen molar-refractivity contribution in [2.24, 2.45) is 7.05 Å². The van der Waals surface area contributed by atoms with Crippen molar-refractivity contribution in [3.8, 4) is 5.88 Å². The van der Waals surface area contributed by atoms with Crippen LogP contribution in [0.2, 0.25) is 0 Å². The largest absolute Gasteiger partial charge is 0.481 e. The van der Waals surface area contributed by atoms with E-state index in [4.69, 9.17) is 10.5 Å². The molecule has 3 heterocycles. The van der Waals surface area contributed by atoms with E-state index in [1.54, 1.807) is 42.1 Å². The number of carbonyl (C=O) groups is 1. The Kier molecular flexibility index (Phi) is 3.12. The van der Waals surface area contributed by atoms with Crippen LogP contribution in [0.5, 0.6) is 5.88 Å². The number of ether oxygens (including phenoxy) is 1. The Morgan fingerprint density at radius 1 is 1.33 bits per heavy atom. The van der Waals surface area contributed by atoms with Crippen molar-refractivity contribution in [2.45, 2.75) is 13.1 Å². The van der Waals surface area contributed by atoms with E-state index in [0.717, 1.165) is 22.2 Å². The number of hydrogen-bond donors (Lipinski definition) is 1. The van der Waals surface area contributed by atoms with E-state index >= 15 is 0 Å². The van der Waals surface area contributed by atoms with Gasteiger partial charge < -0.3 is 15.4 Å². The summed E-state index contributed by atoms with van der Waals surface area (Å²) in [6.07, 6.45) is 1.68. The van der Waals surface area contributed by atoms with Crippen LogP contribution in [0.25, 0.3) is 10.9 Å². The van der Waals surface area contributed by atoms with Gasteiger partial charge in [0, 0.05) is 30.9 Å². The van der Waals surface area contributed by atoms with Gasteiger partial charge in [0.25, 0.3) is 5.91 Å². The second-order valence-corrected chi connectivity index (χ2v) is 5.73. The fourth-order valence-electron chi connectivity index (χ4n) is 3.05. The molecule has 0 atom stereocenters.